The Morgan fingerprint density at radius 3 is 2.46 bits per heavy atom. The highest BCUT2D eigenvalue weighted by atomic mass is 35.5. The smallest absolute Gasteiger partial charge is 0.264 e. The fraction of sp³-hybridized carbons (Fsp3) is 0.143. The van der Waals surface area contributed by atoms with Crippen molar-refractivity contribution in [3.05, 3.63) is 86.0 Å². The predicted octanol–water partition coefficient (Wildman–Crippen LogP) is 5.06. The number of fused-ring (bicyclic) bond motifs is 1. The lowest BCUT2D eigenvalue weighted by molar-refractivity contribution is -0.136. The summed E-state index contributed by atoms with van der Waals surface area (Å²) >= 11 is 13.3. The Morgan fingerprint density at radius 2 is 1.75 bits per heavy atom. The van der Waals surface area contributed by atoms with E-state index in [2.05, 4.69) is 0 Å². The molecule has 1 N–H and O–H groups in total. The highest BCUT2D eigenvalue weighted by Crippen LogP contribution is 2.44. The van der Waals surface area contributed by atoms with Gasteiger partial charge in [0, 0.05) is 10.6 Å². The summed E-state index contributed by atoms with van der Waals surface area (Å²) in [5.74, 6) is -0.869. The summed E-state index contributed by atoms with van der Waals surface area (Å²) in [6.45, 7) is 0.205. The molecule has 28 heavy (non-hydrogen) atoms. The zero-order chi connectivity index (χ0) is 19.9. The van der Waals surface area contributed by atoms with Gasteiger partial charge in [-0.3, -0.25) is 9.59 Å². The Balaban J connectivity index is 1.70. The molecule has 0 aliphatic carbocycles. The number of carbonyl (C=O) groups is 2. The van der Waals surface area contributed by atoms with Gasteiger partial charge in [-0.05, 0) is 29.8 Å². The molecule has 7 heteroatoms. The topological polar surface area (TPSA) is 57.6 Å². The van der Waals surface area contributed by atoms with Crippen LogP contribution in [0.25, 0.3) is 0 Å². The number of hydrogen-bond donors (Lipinski definition) is 1. The van der Waals surface area contributed by atoms with Crippen LogP contribution in [0.3, 0.4) is 0 Å². The molecule has 4 rings (SSSR count). The van der Waals surface area contributed by atoms with E-state index < -0.39 is 11.5 Å². The van der Waals surface area contributed by atoms with Crippen molar-refractivity contribution in [3.63, 3.8) is 0 Å². The standard InChI is InChI=1S/C21H15Cl2NO3S/c22-15-7-3-1-5-13(15)12-24-16-8-4-2-6-14(16)21(27,20(24)26)11-17(25)18-9-10-19(23)28-18/h1-10,27H,11-12H2/t21-/m0/s1. The summed E-state index contributed by atoms with van der Waals surface area (Å²) in [6, 6.07) is 17.4. The molecular weight excluding hydrogens is 417 g/mol. The van der Waals surface area contributed by atoms with Gasteiger partial charge in [-0.15, -0.1) is 11.3 Å². The van der Waals surface area contributed by atoms with Gasteiger partial charge in [-0.25, -0.2) is 0 Å². The van der Waals surface area contributed by atoms with Crippen molar-refractivity contribution in [2.24, 2.45) is 0 Å². The van der Waals surface area contributed by atoms with E-state index in [0.717, 1.165) is 16.9 Å². The molecular formula is C21H15Cl2NO3S. The maximum Gasteiger partial charge on any atom is 0.264 e. The third kappa shape index (κ3) is 3.25. The van der Waals surface area contributed by atoms with Crippen LogP contribution in [-0.2, 0) is 16.9 Å². The second-order valence-electron chi connectivity index (χ2n) is 6.56. The second-order valence-corrected chi connectivity index (χ2v) is 8.69. The first kappa shape index (κ1) is 19.2. The fourth-order valence-corrected chi connectivity index (χ4v) is 4.59. The Labute approximate surface area is 175 Å². The molecule has 0 spiro atoms. The lowest BCUT2D eigenvalue weighted by Crippen LogP contribution is -2.41. The minimum absolute atomic E-state index is 0.205. The van der Waals surface area contributed by atoms with Gasteiger partial charge >= 0.3 is 0 Å². The van der Waals surface area contributed by atoms with Gasteiger partial charge in [0.05, 0.1) is 27.9 Å². The molecule has 0 bridgehead atoms. The summed E-state index contributed by atoms with van der Waals surface area (Å²) in [7, 11) is 0. The maximum atomic E-state index is 13.2. The first-order chi connectivity index (χ1) is 13.4. The average Bonchev–Trinajstić information content (AvgIpc) is 3.20. The number of rotatable bonds is 5. The number of halogens is 2. The quantitative estimate of drug-likeness (QED) is 0.574. The number of ketones is 1. The van der Waals surface area contributed by atoms with Crippen LogP contribution < -0.4 is 4.90 Å². The van der Waals surface area contributed by atoms with Crippen LogP contribution in [0, 0.1) is 0 Å². The number of amides is 1. The fourth-order valence-electron chi connectivity index (χ4n) is 3.42. The molecule has 1 atom stereocenters. The van der Waals surface area contributed by atoms with E-state index in [4.69, 9.17) is 23.2 Å². The van der Waals surface area contributed by atoms with E-state index in [1.165, 1.54) is 4.90 Å². The van der Waals surface area contributed by atoms with Crippen molar-refractivity contribution in [2.45, 2.75) is 18.6 Å². The molecule has 0 saturated carbocycles. The molecule has 142 valence electrons. The van der Waals surface area contributed by atoms with Crippen LogP contribution in [0.1, 0.15) is 27.2 Å². The molecule has 0 saturated heterocycles. The van der Waals surface area contributed by atoms with E-state index in [1.54, 1.807) is 42.5 Å². The third-order valence-electron chi connectivity index (χ3n) is 4.79. The van der Waals surface area contributed by atoms with Gasteiger partial charge in [0.25, 0.3) is 5.91 Å². The molecule has 0 unspecified atom stereocenters. The van der Waals surface area contributed by atoms with Crippen molar-refractivity contribution in [2.75, 3.05) is 4.90 Å². The Bertz CT molecular complexity index is 1080. The second kappa shape index (κ2) is 7.33. The maximum absolute atomic E-state index is 13.2. The van der Waals surface area contributed by atoms with Crippen molar-refractivity contribution in [3.8, 4) is 0 Å². The first-order valence-electron chi connectivity index (χ1n) is 8.56. The lowest BCUT2D eigenvalue weighted by atomic mass is 9.89. The number of carbonyl (C=O) groups excluding carboxylic acids is 2. The van der Waals surface area contributed by atoms with Crippen LogP contribution in [0.5, 0.6) is 0 Å². The van der Waals surface area contributed by atoms with E-state index >= 15 is 0 Å². The minimum Gasteiger partial charge on any atom is -0.375 e. The Morgan fingerprint density at radius 1 is 1.04 bits per heavy atom. The number of aliphatic hydroxyl groups is 1. The number of Topliss-reactive ketones (excluding diaryl/α,β-unsaturated/α-hetero) is 1. The highest BCUT2D eigenvalue weighted by molar-refractivity contribution is 7.18. The summed E-state index contributed by atoms with van der Waals surface area (Å²) in [5.41, 5.74) is -0.172. The molecule has 1 aromatic heterocycles. The zero-order valence-corrected chi connectivity index (χ0v) is 16.9. The van der Waals surface area contributed by atoms with Gasteiger partial charge in [-0.2, -0.15) is 0 Å². The van der Waals surface area contributed by atoms with Gasteiger partial charge in [0.1, 0.15) is 0 Å². The zero-order valence-electron chi connectivity index (χ0n) is 14.6. The minimum atomic E-state index is -1.93. The van der Waals surface area contributed by atoms with Crippen LogP contribution in [0.4, 0.5) is 5.69 Å². The summed E-state index contributed by atoms with van der Waals surface area (Å²) in [4.78, 5) is 27.8. The van der Waals surface area contributed by atoms with Crippen molar-refractivity contribution in [1.29, 1.82) is 0 Å². The van der Waals surface area contributed by atoms with E-state index in [0.29, 0.717) is 25.5 Å². The van der Waals surface area contributed by atoms with Crippen LogP contribution in [-0.4, -0.2) is 16.8 Å². The largest absolute Gasteiger partial charge is 0.375 e. The molecule has 2 heterocycles. The van der Waals surface area contributed by atoms with E-state index in [1.807, 2.05) is 18.2 Å². The third-order valence-corrected chi connectivity index (χ3v) is 6.43. The van der Waals surface area contributed by atoms with Gasteiger partial charge in [-0.1, -0.05) is 59.6 Å². The number of para-hydroxylation sites is 1. The molecule has 1 amide bonds. The van der Waals surface area contributed by atoms with Crippen molar-refractivity contribution in [1.82, 2.24) is 0 Å². The average molecular weight is 432 g/mol. The number of hydrogen-bond acceptors (Lipinski definition) is 4. The Hall–Kier alpha value is -2.18. The monoisotopic (exact) mass is 431 g/mol. The van der Waals surface area contributed by atoms with Gasteiger partial charge < -0.3 is 10.0 Å². The van der Waals surface area contributed by atoms with Crippen LogP contribution in [0.2, 0.25) is 9.36 Å². The molecule has 4 nitrogen and oxygen atoms in total. The SMILES string of the molecule is O=C(C[C@@]1(O)C(=O)N(Cc2ccccc2Cl)c2ccccc21)c1ccc(Cl)s1. The summed E-state index contributed by atoms with van der Waals surface area (Å²) < 4.78 is 0.480. The van der Waals surface area contributed by atoms with E-state index in [-0.39, 0.29) is 18.7 Å². The molecule has 0 radical (unpaired) electrons. The molecule has 1 aliphatic heterocycles. The van der Waals surface area contributed by atoms with Gasteiger partial charge in [0.2, 0.25) is 0 Å². The number of nitrogens with zero attached hydrogens (tertiary/aromatic N) is 1. The predicted molar refractivity (Wildman–Crippen MR) is 111 cm³/mol. The lowest BCUT2D eigenvalue weighted by Gasteiger charge is -2.23. The van der Waals surface area contributed by atoms with Crippen LogP contribution >= 0.6 is 34.5 Å². The molecule has 3 aromatic rings. The first-order valence-corrected chi connectivity index (χ1v) is 10.1. The van der Waals surface area contributed by atoms with E-state index in [9.17, 15) is 14.7 Å². The number of thiophene rings is 1. The number of benzene rings is 2. The number of anilines is 1. The van der Waals surface area contributed by atoms with Crippen LogP contribution in [0.15, 0.2) is 60.7 Å². The highest BCUT2D eigenvalue weighted by Gasteiger charge is 2.50. The molecule has 1 aliphatic rings. The molecule has 2 aromatic carbocycles. The molecule has 0 fully saturated rings. The normalized spacial score (nSPS) is 18.4. The summed E-state index contributed by atoms with van der Waals surface area (Å²) in [6.07, 6.45) is -0.349. The van der Waals surface area contributed by atoms with Gasteiger partial charge in [0.15, 0.2) is 11.4 Å². The summed E-state index contributed by atoms with van der Waals surface area (Å²) in [5, 5.41) is 11.8. The Kier molecular flexibility index (Phi) is 5.02. The van der Waals surface area contributed by atoms with Crippen molar-refractivity contribution < 1.29 is 14.7 Å². The van der Waals surface area contributed by atoms with Crippen molar-refractivity contribution >= 4 is 51.9 Å².